The maximum atomic E-state index is 12.6. The molecule has 1 N–H and O–H groups in total. The van der Waals surface area contributed by atoms with Gasteiger partial charge in [-0.25, -0.2) is 0 Å². The molecule has 1 aliphatic rings. The van der Waals surface area contributed by atoms with Crippen LogP contribution >= 0.6 is 0 Å². The monoisotopic (exact) mass is 393 g/mol. The summed E-state index contributed by atoms with van der Waals surface area (Å²) in [5, 5.41) is 3.62. The number of hydrogen-bond donors (Lipinski definition) is 1. The molecule has 1 unspecified atom stereocenters. The number of nitrogens with one attached hydrogen (secondary N) is 1. The summed E-state index contributed by atoms with van der Waals surface area (Å²) >= 11 is 0. The number of benzene rings is 2. The maximum absolute atomic E-state index is 12.6. The molecule has 4 nitrogen and oxygen atoms in total. The highest BCUT2D eigenvalue weighted by molar-refractivity contribution is 5.93. The van der Waals surface area contributed by atoms with Crippen molar-refractivity contribution in [2.24, 2.45) is 5.92 Å². The zero-order valence-electron chi connectivity index (χ0n) is 17.7. The van der Waals surface area contributed by atoms with Crippen LogP contribution < -0.4 is 10.2 Å². The lowest BCUT2D eigenvalue weighted by Gasteiger charge is -2.30. The Bertz CT molecular complexity index is 719. The molecule has 3 rings (SSSR count). The molecule has 1 fully saturated rings. The van der Waals surface area contributed by atoms with Crippen LogP contribution in [0.4, 0.5) is 5.69 Å². The minimum atomic E-state index is 0.216. The van der Waals surface area contributed by atoms with E-state index in [2.05, 4.69) is 40.5 Å². The van der Waals surface area contributed by atoms with E-state index in [1.165, 1.54) is 24.8 Å². The third-order valence-electron chi connectivity index (χ3n) is 5.73. The van der Waals surface area contributed by atoms with Gasteiger partial charge in [-0.15, -0.1) is 0 Å². The first-order valence-corrected chi connectivity index (χ1v) is 11.1. The first-order valence-electron chi connectivity index (χ1n) is 11.1. The number of para-hydroxylation sites is 1. The number of anilines is 1. The van der Waals surface area contributed by atoms with E-state index in [9.17, 15) is 4.79 Å². The molecule has 0 aliphatic carbocycles. The van der Waals surface area contributed by atoms with Crippen LogP contribution in [-0.4, -0.2) is 43.7 Å². The van der Waals surface area contributed by atoms with Crippen molar-refractivity contribution in [1.29, 1.82) is 0 Å². The highest BCUT2D eigenvalue weighted by atomic mass is 16.2. The third kappa shape index (κ3) is 6.98. The summed E-state index contributed by atoms with van der Waals surface area (Å²) in [6, 6.07) is 20.8. The van der Waals surface area contributed by atoms with Crippen LogP contribution in [-0.2, 0) is 11.2 Å². The van der Waals surface area contributed by atoms with E-state index in [0.717, 1.165) is 45.0 Å². The Morgan fingerprint density at radius 2 is 1.79 bits per heavy atom. The summed E-state index contributed by atoms with van der Waals surface area (Å²) in [6.07, 6.45) is 5.29. The predicted molar refractivity (Wildman–Crippen MR) is 121 cm³/mol. The fourth-order valence-electron chi connectivity index (χ4n) is 4.13. The van der Waals surface area contributed by atoms with Crippen LogP contribution in [0.5, 0.6) is 0 Å². The normalized spacial score (nSPS) is 17.6. The Morgan fingerprint density at radius 3 is 2.52 bits per heavy atom. The van der Waals surface area contributed by atoms with E-state index in [-0.39, 0.29) is 5.91 Å². The first kappa shape index (κ1) is 21.5. The molecule has 0 radical (unpaired) electrons. The Labute approximate surface area is 175 Å². The van der Waals surface area contributed by atoms with Gasteiger partial charge >= 0.3 is 0 Å². The lowest BCUT2D eigenvalue weighted by Crippen LogP contribution is -2.42. The molecule has 156 valence electrons. The number of carbonyl (C=O) groups is 1. The molecule has 1 saturated heterocycles. The van der Waals surface area contributed by atoms with Gasteiger partial charge in [0.2, 0.25) is 5.91 Å². The van der Waals surface area contributed by atoms with Gasteiger partial charge in [-0.1, -0.05) is 61.9 Å². The minimum absolute atomic E-state index is 0.216. The van der Waals surface area contributed by atoms with Gasteiger partial charge in [0.05, 0.1) is 0 Å². The van der Waals surface area contributed by atoms with Gasteiger partial charge in [-0.3, -0.25) is 9.69 Å². The summed E-state index contributed by atoms with van der Waals surface area (Å²) in [6.45, 7) is 6.89. The zero-order valence-corrected chi connectivity index (χ0v) is 17.7. The molecule has 0 bridgehead atoms. The fourth-order valence-corrected chi connectivity index (χ4v) is 4.13. The smallest absolute Gasteiger partial charge is 0.226 e. The second-order valence-corrected chi connectivity index (χ2v) is 8.03. The van der Waals surface area contributed by atoms with E-state index >= 15 is 0 Å². The average Bonchev–Trinajstić information content (AvgIpc) is 3.01. The van der Waals surface area contributed by atoms with Crippen molar-refractivity contribution in [3.8, 4) is 0 Å². The number of likely N-dealkylation sites (tertiary alicyclic amines) is 1. The molecule has 1 amide bonds. The lowest BCUT2D eigenvalue weighted by molar-refractivity contribution is -0.118. The summed E-state index contributed by atoms with van der Waals surface area (Å²) in [5.41, 5.74) is 2.40. The number of carbonyl (C=O) groups excluding carboxylic acids is 1. The van der Waals surface area contributed by atoms with E-state index in [0.29, 0.717) is 12.3 Å². The van der Waals surface area contributed by atoms with Gasteiger partial charge in [0.15, 0.2) is 0 Å². The van der Waals surface area contributed by atoms with Crippen molar-refractivity contribution in [3.05, 3.63) is 66.2 Å². The molecule has 1 aliphatic heterocycles. The van der Waals surface area contributed by atoms with Crippen molar-refractivity contribution in [3.63, 3.8) is 0 Å². The second-order valence-electron chi connectivity index (χ2n) is 8.03. The number of amides is 1. The molecule has 2 aromatic rings. The van der Waals surface area contributed by atoms with E-state index < -0.39 is 0 Å². The van der Waals surface area contributed by atoms with Crippen LogP contribution in [0.15, 0.2) is 60.7 Å². The number of hydrogen-bond acceptors (Lipinski definition) is 3. The molecular weight excluding hydrogens is 358 g/mol. The van der Waals surface area contributed by atoms with E-state index in [4.69, 9.17) is 0 Å². The molecule has 4 heteroatoms. The van der Waals surface area contributed by atoms with Crippen LogP contribution in [0.25, 0.3) is 0 Å². The predicted octanol–water partition coefficient (Wildman–Crippen LogP) is 4.32. The van der Waals surface area contributed by atoms with Gasteiger partial charge in [0.1, 0.15) is 0 Å². The van der Waals surface area contributed by atoms with Gasteiger partial charge in [-0.05, 0) is 49.4 Å². The largest absolute Gasteiger partial charge is 0.312 e. The Balaban J connectivity index is 1.51. The summed E-state index contributed by atoms with van der Waals surface area (Å²) in [5.74, 6) is 0.733. The molecule has 1 heterocycles. The van der Waals surface area contributed by atoms with Crippen molar-refractivity contribution < 1.29 is 4.79 Å². The van der Waals surface area contributed by atoms with Gasteiger partial charge < -0.3 is 10.2 Å². The van der Waals surface area contributed by atoms with Gasteiger partial charge in [0.25, 0.3) is 0 Å². The van der Waals surface area contributed by atoms with Gasteiger partial charge in [-0.2, -0.15) is 0 Å². The molecular formula is C25H35N3O. The standard InChI is InChI=1S/C25H35N3O/c1-2-25(29)28(24-14-7-4-8-15-24)20-23-13-9-10-18-27(19-23)21-26-17-16-22-11-5-3-6-12-22/h3-8,11-12,14-15,23,26H,2,9-10,13,16-21H2,1H3. The molecule has 2 aromatic carbocycles. The number of nitrogens with zero attached hydrogens (tertiary/aromatic N) is 2. The highest BCUT2D eigenvalue weighted by Gasteiger charge is 2.23. The fraction of sp³-hybridized carbons (Fsp3) is 0.480. The number of rotatable bonds is 9. The molecule has 1 atom stereocenters. The zero-order chi connectivity index (χ0) is 20.3. The maximum Gasteiger partial charge on any atom is 0.226 e. The molecule has 0 saturated carbocycles. The Hall–Kier alpha value is -2.17. The summed E-state index contributed by atoms with van der Waals surface area (Å²) in [4.78, 5) is 17.1. The Kier molecular flexibility index (Phi) is 8.72. The van der Waals surface area contributed by atoms with E-state index in [1.807, 2.05) is 42.2 Å². The van der Waals surface area contributed by atoms with E-state index in [1.54, 1.807) is 0 Å². The van der Waals surface area contributed by atoms with Crippen molar-refractivity contribution >= 4 is 11.6 Å². The van der Waals surface area contributed by atoms with Crippen LogP contribution in [0.2, 0.25) is 0 Å². The molecule has 0 spiro atoms. The molecule has 29 heavy (non-hydrogen) atoms. The van der Waals surface area contributed by atoms with Crippen molar-refractivity contribution in [2.75, 3.05) is 37.7 Å². The molecule has 0 aromatic heterocycles. The topological polar surface area (TPSA) is 35.6 Å². The van der Waals surface area contributed by atoms with Crippen molar-refractivity contribution in [1.82, 2.24) is 10.2 Å². The van der Waals surface area contributed by atoms with Crippen LogP contribution in [0.3, 0.4) is 0 Å². The average molecular weight is 394 g/mol. The highest BCUT2D eigenvalue weighted by Crippen LogP contribution is 2.22. The SMILES string of the molecule is CCC(=O)N(CC1CCCCN(CNCCc2ccccc2)C1)c1ccccc1. The Morgan fingerprint density at radius 1 is 1.07 bits per heavy atom. The van der Waals surface area contributed by atoms with Crippen LogP contribution in [0, 0.1) is 5.92 Å². The van der Waals surface area contributed by atoms with Crippen molar-refractivity contribution in [2.45, 2.75) is 39.0 Å². The summed E-state index contributed by atoms with van der Waals surface area (Å²) < 4.78 is 0. The second kappa shape index (κ2) is 11.7. The third-order valence-corrected chi connectivity index (χ3v) is 5.73. The lowest BCUT2D eigenvalue weighted by atomic mass is 10.0. The summed E-state index contributed by atoms with van der Waals surface area (Å²) in [7, 11) is 0. The van der Waals surface area contributed by atoms with Gasteiger partial charge in [0, 0.05) is 38.4 Å². The van der Waals surface area contributed by atoms with Crippen LogP contribution in [0.1, 0.15) is 38.2 Å². The minimum Gasteiger partial charge on any atom is -0.312 e. The first-order chi connectivity index (χ1) is 14.3. The quantitative estimate of drug-likeness (QED) is 0.645.